The Labute approximate surface area is 122 Å². The van der Waals surface area contributed by atoms with Crippen LogP contribution in [0.4, 0.5) is 5.69 Å². The van der Waals surface area contributed by atoms with Crippen LogP contribution in [0.5, 0.6) is 0 Å². The van der Waals surface area contributed by atoms with Gasteiger partial charge in [0.2, 0.25) is 5.91 Å². The molecule has 0 fully saturated rings. The van der Waals surface area contributed by atoms with E-state index in [1.54, 1.807) is 0 Å². The normalized spacial score (nSPS) is 10.3. The van der Waals surface area contributed by atoms with E-state index in [1.165, 1.54) is 5.56 Å². The summed E-state index contributed by atoms with van der Waals surface area (Å²) in [7, 11) is 0. The van der Waals surface area contributed by atoms with E-state index in [0.29, 0.717) is 6.42 Å². The molecule has 0 aromatic heterocycles. The lowest BCUT2D eigenvalue weighted by Crippen LogP contribution is -2.15. The van der Waals surface area contributed by atoms with Crippen molar-refractivity contribution in [3.63, 3.8) is 0 Å². The zero-order chi connectivity index (χ0) is 13.8. The van der Waals surface area contributed by atoms with Crippen molar-refractivity contribution in [1.82, 2.24) is 0 Å². The van der Waals surface area contributed by atoms with Crippen molar-refractivity contribution in [3.05, 3.63) is 63.6 Å². The highest BCUT2D eigenvalue weighted by molar-refractivity contribution is 9.10. The van der Waals surface area contributed by atoms with E-state index < -0.39 is 0 Å². The first-order valence-electron chi connectivity index (χ1n) is 6.16. The molecule has 19 heavy (non-hydrogen) atoms. The largest absolute Gasteiger partial charge is 0.326 e. The molecule has 2 aromatic rings. The van der Waals surface area contributed by atoms with Crippen LogP contribution in [0.2, 0.25) is 0 Å². The quantitative estimate of drug-likeness (QED) is 0.901. The van der Waals surface area contributed by atoms with Crippen molar-refractivity contribution in [3.8, 4) is 0 Å². The van der Waals surface area contributed by atoms with E-state index in [1.807, 2.05) is 50.2 Å². The van der Waals surface area contributed by atoms with E-state index >= 15 is 0 Å². The second-order valence-electron chi connectivity index (χ2n) is 4.67. The lowest BCUT2D eigenvalue weighted by Gasteiger charge is -2.09. The Kier molecular flexibility index (Phi) is 4.38. The molecule has 2 nitrogen and oxygen atoms in total. The number of hydrogen-bond acceptors (Lipinski definition) is 1. The van der Waals surface area contributed by atoms with Gasteiger partial charge in [-0.2, -0.15) is 0 Å². The third-order valence-electron chi connectivity index (χ3n) is 2.91. The first kappa shape index (κ1) is 13.8. The number of carbonyl (C=O) groups excluding carboxylic acids is 1. The lowest BCUT2D eigenvalue weighted by atomic mass is 10.1. The zero-order valence-electron chi connectivity index (χ0n) is 11.0. The summed E-state index contributed by atoms with van der Waals surface area (Å²) in [5.41, 5.74) is 4.16. The third-order valence-corrected chi connectivity index (χ3v) is 3.40. The minimum absolute atomic E-state index is 0.00468. The molecule has 1 N–H and O–H groups in total. The molecule has 0 aliphatic carbocycles. The van der Waals surface area contributed by atoms with Crippen LogP contribution in [0, 0.1) is 13.8 Å². The average Bonchev–Trinajstić information content (AvgIpc) is 2.33. The average molecular weight is 318 g/mol. The molecule has 0 unspecified atom stereocenters. The SMILES string of the molecule is Cc1ccc(NC(=O)Cc2cccc(Br)c2)c(C)c1. The Hall–Kier alpha value is -1.61. The Bertz CT molecular complexity index is 607. The van der Waals surface area contributed by atoms with Gasteiger partial charge in [-0.3, -0.25) is 4.79 Å². The number of halogens is 1. The van der Waals surface area contributed by atoms with Crippen LogP contribution in [0.25, 0.3) is 0 Å². The molecular weight excluding hydrogens is 302 g/mol. The van der Waals surface area contributed by atoms with Crippen LogP contribution in [0.3, 0.4) is 0 Å². The predicted octanol–water partition coefficient (Wildman–Crippen LogP) is 4.25. The Morgan fingerprint density at radius 3 is 2.63 bits per heavy atom. The molecule has 3 heteroatoms. The van der Waals surface area contributed by atoms with Crippen molar-refractivity contribution in [1.29, 1.82) is 0 Å². The number of aryl methyl sites for hydroxylation is 2. The molecule has 2 rings (SSSR count). The molecule has 0 aliphatic rings. The molecule has 0 bridgehead atoms. The van der Waals surface area contributed by atoms with Gasteiger partial charge in [-0.1, -0.05) is 45.8 Å². The molecule has 0 atom stereocenters. The summed E-state index contributed by atoms with van der Waals surface area (Å²) >= 11 is 3.41. The maximum Gasteiger partial charge on any atom is 0.228 e. The lowest BCUT2D eigenvalue weighted by molar-refractivity contribution is -0.115. The highest BCUT2D eigenvalue weighted by atomic mass is 79.9. The standard InChI is InChI=1S/C16H16BrNO/c1-11-6-7-15(12(2)8-11)18-16(19)10-13-4-3-5-14(17)9-13/h3-9H,10H2,1-2H3,(H,18,19). The van der Waals surface area contributed by atoms with Crippen LogP contribution in [0.1, 0.15) is 16.7 Å². The summed E-state index contributed by atoms with van der Waals surface area (Å²) in [5, 5.41) is 2.95. The second-order valence-corrected chi connectivity index (χ2v) is 5.59. The van der Waals surface area contributed by atoms with E-state index in [9.17, 15) is 4.79 Å². The molecule has 0 saturated carbocycles. The van der Waals surface area contributed by atoms with Crippen molar-refractivity contribution in [2.45, 2.75) is 20.3 Å². The van der Waals surface area contributed by atoms with Gasteiger partial charge in [0.05, 0.1) is 6.42 Å². The van der Waals surface area contributed by atoms with Crippen molar-refractivity contribution >= 4 is 27.5 Å². The van der Waals surface area contributed by atoms with Gasteiger partial charge >= 0.3 is 0 Å². The fraction of sp³-hybridized carbons (Fsp3) is 0.188. The van der Waals surface area contributed by atoms with E-state index in [2.05, 4.69) is 27.3 Å². The molecule has 0 aliphatic heterocycles. The van der Waals surface area contributed by atoms with Crippen LogP contribution >= 0.6 is 15.9 Å². The molecule has 0 heterocycles. The zero-order valence-corrected chi connectivity index (χ0v) is 12.6. The van der Waals surface area contributed by atoms with Crippen molar-refractivity contribution in [2.24, 2.45) is 0 Å². The maximum absolute atomic E-state index is 12.0. The fourth-order valence-corrected chi connectivity index (χ4v) is 2.43. The van der Waals surface area contributed by atoms with Gasteiger partial charge in [0.25, 0.3) is 0 Å². The second kappa shape index (κ2) is 6.02. The Morgan fingerprint density at radius 1 is 1.16 bits per heavy atom. The Morgan fingerprint density at radius 2 is 1.95 bits per heavy atom. The predicted molar refractivity (Wildman–Crippen MR) is 82.4 cm³/mol. The monoisotopic (exact) mass is 317 g/mol. The maximum atomic E-state index is 12.0. The van der Waals surface area contributed by atoms with Gasteiger partial charge in [0, 0.05) is 10.2 Å². The van der Waals surface area contributed by atoms with E-state index in [-0.39, 0.29) is 5.91 Å². The minimum Gasteiger partial charge on any atom is -0.326 e. The minimum atomic E-state index is 0.00468. The summed E-state index contributed by atoms with van der Waals surface area (Å²) < 4.78 is 0.990. The van der Waals surface area contributed by atoms with Crippen LogP contribution < -0.4 is 5.32 Å². The number of benzene rings is 2. The summed E-state index contributed by atoms with van der Waals surface area (Å²) in [6, 6.07) is 13.8. The van der Waals surface area contributed by atoms with Gasteiger partial charge in [-0.25, -0.2) is 0 Å². The third kappa shape index (κ3) is 3.93. The molecule has 2 aromatic carbocycles. The molecule has 0 saturated heterocycles. The van der Waals surface area contributed by atoms with Gasteiger partial charge in [-0.05, 0) is 43.2 Å². The van der Waals surface area contributed by atoms with Gasteiger partial charge in [-0.15, -0.1) is 0 Å². The van der Waals surface area contributed by atoms with Crippen LogP contribution in [-0.2, 0) is 11.2 Å². The van der Waals surface area contributed by atoms with Crippen molar-refractivity contribution in [2.75, 3.05) is 5.32 Å². The van der Waals surface area contributed by atoms with Crippen LogP contribution in [0.15, 0.2) is 46.9 Å². The Balaban J connectivity index is 2.05. The van der Waals surface area contributed by atoms with Gasteiger partial charge < -0.3 is 5.32 Å². The fourth-order valence-electron chi connectivity index (χ4n) is 1.98. The number of amides is 1. The number of nitrogens with one attached hydrogen (secondary N) is 1. The van der Waals surface area contributed by atoms with Crippen molar-refractivity contribution < 1.29 is 4.79 Å². The van der Waals surface area contributed by atoms with E-state index in [0.717, 1.165) is 21.3 Å². The first-order valence-corrected chi connectivity index (χ1v) is 6.95. The highest BCUT2D eigenvalue weighted by Crippen LogP contribution is 2.17. The summed E-state index contributed by atoms with van der Waals surface area (Å²) in [6.07, 6.45) is 0.382. The molecule has 0 radical (unpaired) electrons. The number of rotatable bonds is 3. The topological polar surface area (TPSA) is 29.1 Å². The molecule has 0 spiro atoms. The number of carbonyl (C=O) groups is 1. The van der Waals surface area contributed by atoms with Crippen LogP contribution in [-0.4, -0.2) is 5.91 Å². The number of hydrogen-bond donors (Lipinski definition) is 1. The van der Waals surface area contributed by atoms with Gasteiger partial charge in [0.15, 0.2) is 0 Å². The smallest absolute Gasteiger partial charge is 0.228 e. The summed E-state index contributed by atoms with van der Waals surface area (Å²) in [5.74, 6) is 0.00468. The summed E-state index contributed by atoms with van der Waals surface area (Å²) in [6.45, 7) is 4.04. The molecule has 98 valence electrons. The summed E-state index contributed by atoms with van der Waals surface area (Å²) in [4.78, 5) is 12.0. The van der Waals surface area contributed by atoms with Gasteiger partial charge in [0.1, 0.15) is 0 Å². The number of anilines is 1. The molecular formula is C16H16BrNO. The highest BCUT2D eigenvalue weighted by Gasteiger charge is 2.06. The molecule has 1 amide bonds. The van der Waals surface area contributed by atoms with E-state index in [4.69, 9.17) is 0 Å². The first-order chi connectivity index (χ1) is 9.04.